The van der Waals surface area contributed by atoms with Crippen LogP contribution >= 0.6 is 0 Å². The molecule has 3 nitrogen and oxygen atoms in total. The molecule has 0 atom stereocenters. The molecule has 0 aliphatic carbocycles. The van der Waals surface area contributed by atoms with Gasteiger partial charge in [-0.25, -0.2) is 0 Å². The van der Waals surface area contributed by atoms with Crippen molar-refractivity contribution in [1.82, 2.24) is 14.9 Å². The highest BCUT2D eigenvalue weighted by atomic mass is 15.1. The molecule has 0 saturated heterocycles. The SMILES string of the molecule is CCC1(CC)NCCc2c1c1ccccc1n2Cc1cccnc1. The van der Waals surface area contributed by atoms with E-state index in [9.17, 15) is 0 Å². The van der Waals surface area contributed by atoms with Crippen LogP contribution in [0.4, 0.5) is 0 Å². The van der Waals surface area contributed by atoms with Gasteiger partial charge in [-0.3, -0.25) is 4.98 Å². The maximum atomic E-state index is 4.29. The van der Waals surface area contributed by atoms with E-state index in [0.717, 1.165) is 32.4 Å². The summed E-state index contributed by atoms with van der Waals surface area (Å²) in [5.41, 5.74) is 5.74. The number of hydrogen-bond acceptors (Lipinski definition) is 2. The van der Waals surface area contributed by atoms with Gasteiger partial charge in [0.1, 0.15) is 0 Å². The van der Waals surface area contributed by atoms with Gasteiger partial charge in [0.25, 0.3) is 0 Å². The molecule has 0 radical (unpaired) electrons. The van der Waals surface area contributed by atoms with Gasteiger partial charge in [-0.15, -0.1) is 0 Å². The highest BCUT2D eigenvalue weighted by molar-refractivity contribution is 5.87. The van der Waals surface area contributed by atoms with Crippen LogP contribution in [0.15, 0.2) is 48.8 Å². The highest BCUT2D eigenvalue weighted by Crippen LogP contribution is 2.41. The summed E-state index contributed by atoms with van der Waals surface area (Å²) in [4.78, 5) is 4.29. The van der Waals surface area contributed by atoms with E-state index in [1.807, 2.05) is 18.5 Å². The van der Waals surface area contributed by atoms with E-state index in [1.54, 1.807) is 0 Å². The number of fused-ring (bicyclic) bond motifs is 3. The summed E-state index contributed by atoms with van der Waals surface area (Å²) in [5.74, 6) is 0. The molecule has 3 heterocycles. The maximum Gasteiger partial charge on any atom is 0.0494 e. The zero-order chi connectivity index (χ0) is 16.6. The number of hydrogen-bond donors (Lipinski definition) is 1. The molecule has 0 fully saturated rings. The van der Waals surface area contributed by atoms with Crippen LogP contribution in [0.1, 0.15) is 43.5 Å². The summed E-state index contributed by atoms with van der Waals surface area (Å²) in [6, 6.07) is 13.1. The van der Waals surface area contributed by atoms with E-state index < -0.39 is 0 Å². The number of nitrogens with zero attached hydrogens (tertiary/aromatic N) is 2. The zero-order valence-electron chi connectivity index (χ0n) is 14.5. The van der Waals surface area contributed by atoms with E-state index in [4.69, 9.17) is 0 Å². The summed E-state index contributed by atoms with van der Waals surface area (Å²) in [6.45, 7) is 6.56. The first-order chi connectivity index (χ1) is 11.8. The van der Waals surface area contributed by atoms with Crippen LogP contribution in [-0.4, -0.2) is 16.1 Å². The third-order valence-corrected chi connectivity index (χ3v) is 5.65. The van der Waals surface area contributed by atoms with Crippen molar-refractivity contribution in [3.05, 3.63) is 65.6 Å². The molecule has 124 valence electrons. The van der Waals surface area contributed by atoms with Crippen LogP contribution in [0.3, 0.4) is 0 Å². The molecule has 0 unspecified atom stereocenters. The van der Waals surface area contributed by atoms with Gasteiger partial charge in [-0.1, -0.05) is 38.1 Å². The molecule has 0 saturated carbocycles. The van der Waals surface area contributed by atoms with Gasteiger partial charge in [-0.05, 0) is 30.5 Å². The number of rotatable bonds is 4. The van der Waals surface area contributed by atoms with Crippen LogP contribution in [0.5, 0.6) is 0 Å². The predicted octanol–water partition coefficient (Wildman–Crippen LogP) is 4.25. The van der Waals surface area contributed by atoms with Gasteiger partial charge in [0.2, 0.25) is 0 Å². The Morgan fingerprint density at radius 1 is 1.12 bits per heavy atom. The predicted molar refractivity (Wildman–Crippen MR) is 99.2 cm³/mol. The smallest absolute Gasteiger partial charge is 0.0494 e. The lowest BCUT2D eigenvalue weighted by atomic mass is 9.80. The van der Waals surface area contributed by atoms with Gasteiger partial charge in [-0.2, -0.15) is 0 Å². The van der Waals surface area contributed by atoms with Crippen molar-refractivity contribution in [3.8, 4) is 0 Å². The second kappa shape index (κ2) is 6.06. The molecule has 0 amide bonds. The Kier molecular flexibility index (Phi) is 3.89. The molecule has 1 aliphatic rings. The fraction of sp³-hybridized carbons (Fsp3) is 0.381. The largest absolute Gasteiger partial charge is 0.340 e. The minimum atomic E-state index is 0.105. The molecule has 0 spiro atoms. The first-order valence-corrected chi connectivity index (χ1v) is 9.03. The molecule has 0 bridgehead atoms. The van der Waals surface area contributed by atoms with E-state index in [-0.39, 0.29) is 5.54 Å². The molecule has 4 rings (SSSR count). The van der Waals surface area contributed by atoms with Gasteiger partial charge in [0, 0.05) is 59.6 Å². The standard InChI is InChI=1S/C21H25N3/c1-3-21(4-2)20-17-9-5-6-10-18(17)24(19(20)11-13-23-21)15-16-8-7-12-22-14-16/h5-10,12,14,23H,3-4,11,13,15H2,1-2H3. The Morgan fingerprint density at radius 2 is 1.96 bits per heavy atom. The fourth-order valence-corrected chi connectivity index (χ4v) is 4.37. The lowest BCUT2D eigenvalue weighted by Gasteiger charge is -2.38. The fourth-order valence-electron chi connectivity index (χ4n) is 4.37. The number of pyridine rings is 1. The maximum absolute atomic E-state index is 4.29. The summed E-state index contributed by atoms with van der Waals surface area (Å²) in [7, 11) is 0. The Bertz CT molecular complexity index is 844. The first-order valence-electron chi connectivity index (χ1n) is 9.03. The normalized spacial score (nSPS) is 16.2. The van der Waals surface area contributed by atoms with Crippen molar-refractivity contribution < 1.29 is 0 Å². The lowest BCUT2D eigenvalue weighted by Crippen LogP contribution is -2.46. The number of nitrogens with one attached hydrogen (secondary N) is 1. The number of aromatic nitrogens is 2. The van der Waals surface area contributed by atoms with Crippen molar-refractivity contribution in [2.75, 3.05) is 6.54 Å². The van der Waals surface area contributed by atoms with Crippen molar-refractivity contribution in [1.29, 1.82) is 0 Å². The van der Waals surface area contributed by atoms with E-state index >= 15 is 0 Å². The van der Waals surface area contributed by atoms with Gasteiger partial charge >= 0.3 is 0 Å². The van der Waals surface area contributed by atoms with Crippen LogP contribution in [-0.2, 0) is 18.5 Å². The Balaban J connectivity index is 1.95. The topological polar surface area (TPSA) is 29.9 Å². The van der Waals surface area contributed by atoms with E-state index in [1.165, 1.54) is 27.7 Å². The Hall–Kier alpha value is -2.13. The van der Waals surface area contributed by atoms with Crippen molar-refractivity contribution in [2.45, 2.75) is 45.2 Å². The second-order valence-corrected chi connectivity index (χ2v) is 6.75. The van der Waals surface area contributed by atoms with Gasteiger partial charge < -0.3 is 9.88 Å². The molecular formula is C21H25N3. The average molecular weight is 319 g/mol. The molecular weight excluding hydrogens is 294 g/mol. The van der Waals surface area contributed by atoms with Gasteiger partial charge in [0.15, 0.2) is 0 Å². The third kappa shape index (κ3) is 2.27. The average Bonchev–Trinajstić information content (AvgIpc) is 2.97. The van der Waals surface area contributed by atoms with Crippen LogP contribution in [0, 0.1) is 0 Å². The van der Waals surface area contributed by atoms with Crippen molar-refractivity contribution in [2.24, 2.45) is 0 Å². The number of benzene rings is 1. The highest BCUT2D eigenvalue weighted by Gasteiger charge is 2.37. The van der Waals surface area contributed by atoms with E-state index in [2.05, 4.69) is 59.0 Å². The minimum absolute atomic E-state index is 0.105. The van der Waals surface area contributed by atoms with Crippen LogP contribution < -0.4 is 5.32 Å². The van der Waals surface area contributed by atoms with Gasteiger partial charge in [0.05, 0.1) is 0 Å². The molecule has 24 heavy (non-hydrogen) atoms. The molecule has 3 heteroatoms. The molecule has 1 N–H and O–H groups in total. The summed E-state index contributed by atoms with van der Waals surface area (Å²) < 4.78 is 2.52. The monoisotopic (exact) mass is 319 g/mol. The molecule has 3 aromatic rings. The molecule has 1 aliphatic heterocycles. The third-order valence-electron chi connectivity index (χ3n) is 5.65. The zero-order valence-corrected chi connectivity index (χ0v) is 14.5. The minimum Gasteiger partial charge on any atom is -0.340 e. The molecule has 2 aromatic heterocycles. The summed E-state index contributed by atoms with van der Waals surface area (Å²) >= 11 is 0. The Morgan fingerprint density at radius 3 is 2.71 bits per heavy atom. The first kappa shape index (κ1) is 15.4. The van der Waals surface area contributed by atoms with Crippen LogP contribution in [0.25, 0.3) is 10.9 Å². The summed E-state index contributed by atoms with van der Waals surface area (Å²) in [5, 5.41) is 5.24. The quantitative estimate of drug-likeness (QED) is 0.779. The summed E-state index contributed by atoms with van der Waals surface area (Å²) in [6.07, 6.45) is 7.16. The van der Waals surface area contributed by atoms with E-state index in [0.29, 0.717) is 0 Å². The van der Waals surface area contributed by atoms with Crippen molar-refractivity contribution >= 4 is 10.9 Å². The number of para-hydroxylation sites is 1. The molecule has 1 aromatic carbocycles. The van der Waals surface area contributed by atoms with Crippen molar-refractivity contribution in [3.63, 3.8) is 0 Å². The Labute approximate surface area is 143 Å². The van der Waals surface area contributed by atoms with Crippen LogP contribution in [0.2, 0.25) is 0 Å². The second-order valence-electron chi connectivity index (χ2n) is 6.75. The lowest BCUT2D eigenvalue weighted by molar-refractivity contribution is 0.292.